The number of primary amides is 1. The molecule has 5 rings (SSSR count). The summed E-state index contributed by atoms with van der Waals surface area (Å²) in [6.45, 7) is 6.74. The second-order valence-corrected chi connectivity index (χ2v) is 9.02. The van der Waals surface area contributed by atoms with E-state index in [9.17, 15) is 18.0 Å². The lowest BCUT2D eigenvalue weighted by Gasteiger charge is -2.11. The highest BCUT2D eigenvalue weighted by molar-refractivity contribution is 5.97. The Morgan fingerprint density at radius 2 is 1.74 bits per heavy atom. The molecule has 0 radical (unpaired) electrons. The molecule has 0 unspecified atom stereocenters. The number of H-pyrrole nitrogens is 1. The molecule has 0 saturated heterocycles. The SMILES string of the molecule is CCOc1cc2c(C)cccc2[nH]1.Cc1ccc(Cc2nc3cc(C(F)(F)F)ccc3cc2C(N)=O)cc1. The standard InChI is InChI=1S/C19H15F3N2O.C11H13NO/c1-11-2-4-12(5-3-11)8-17-15(18(23)25)9-13-6-7-14(19(20,21)22)10-16(13)24-17;1-3-13-11-7-9-8(2)5-4-6-10(9)12-11/h2-7,9-10H,8H2,1H3,(H2,23,25);4-7,12H,3H2,1-2H3. The zero-order valence-electron chi connectivity index (χ0n) is 21.3. The molecule has 0 spiro atoms. The number of alkyl halides is 3. The molecule has 38 heavy (non-hydrogen) atoms. The maximum absolute atomic E-state index is 12.9. The van der Waals surface area contributed by atoms with E-state index < -0.39 is 17.6 Å². The van der Waals surface area contributed by atoms with Crippen molar-refractivity contribution in [1.29, 1.82) is 0 Å². The fourth-order valence-corrected chi connectivity index (χ4v) is 4.15. The second kappa shape index (κ2) is 11.0. The molecule has 0 aliphatic rings. The van der Waals surface area contributed by atoms with Gasteiger partial charge < -0.3 is 15.5 Å². The number of hydrogen-bond donors (Lipinski definition) is 2. The van der Waals surface area contributed by atoms with Crippen LogP contribution in [-0.4, -0.2) is 22.5 Å². The average molecular weight is 520 g/mol. The number of fused-ring (bicyclic) bond motifs is 2. The Morgan fingerprint density at radius 3 is 2.37 bits per heavy atom. The highest BCUT2D eigenvalue weighted by atomic mass is 19.4. The van der Waals surface area contributed by atoms with Crippen LogP contribution in [0.3, 0.4) is 0 Å². The maximum atomic E-state index is 12.9. The number of rotatable bonds is 5. The Hall–Kier alpha value is -4.33. The van der Waals surface area contributed by atoms with Gasteiger partial charge in [-0.3, -0.25) is 9.78 Å². The molecule has 0 atom stereocenters. The van der Waals surface area contributed by atoms with Gasteiger partial charge in [-0.05, 0) is 56.2 Å². The van der Waals surface area contributed by atoms with Crippen LogP contribution in [-0.2, 0) is 12.6 Å². The van der Waals surface area contributed by atoms with Gasteiger partial charge in [-0.25, -0.2) is 0 Å². The van der Waals surface area contributed by atoms with Crippen LogP contribution in [0, 0.1) is 13.8 Å². The lowest BCUT2D eigenvalue weighted by molar-refractivity contribution is -0.137. The second-order valence-electron chi connectivity index (χ2n) is 9.02. The number of aromatic amines is 1. The first-order valence-corrected chi connectivity index (χ1v) is 12.1. The summed E-state index contributed by atoms with van der Waals surface area (Å²) in [6.07, 6.45) is -4.14. The highest BCUT2D eigenvalue weighted by Crippen LogP contribution is 2.31. The molecule has 2 heterocycles. The number of halogens is 3. The molecule has 0 bridgehead atoms. The monoisotopic (exact) mass is 519 g/mol. The third kappa shape index (κ3) is 6.14. The Morgan fingerprint density at radius 1 is 1.00 bits per heavy atom. The van der Waals surface area contributed by atoms with Crippen molar-refractivity contribution in [2.24, 2.45) is 5.73 Å². The molecular formula is C30H28F3N3O2. The van der Waals surface area contributed by atoms with Gasteiger partial charge in [0.25, 0.3) is 5.91 Å². The molecule has 5 aromatic rings. The number of carbonyl (C=O) groups excluding carboxylic acids is 1. The minimum Gasteiger partial charge on any atom is -0.479 e. The van der Waals surface area contributed by atoms with Gasteiger partial charge in [0.05, 0.1) is 28.9 Å². The van der Waals surface area contributed by atoms with Crippen molar-refractivity contribution in [3.63, 3.8) is 0 Å². The van der Waals surface area contributed by atoms with Crippen LogP contribution in [0.1, 0.15) is 45.2 Å². The van der Waals surface area contributed by atoms with Crippen molar-refractivity contribution in [3.8, 4) is 5.88 Å². The van der Waals surface area contributed by atoms with E-state index in [4.69, 9.17) is 10.5 Å². The first-order valence-electron chi connectivity index (χ1n) is 12.1. The van der Waals surface area contributed by atoms with Crippen LogP contribution in [0.15, 0.2) is 72.8 Å². The van der Waals surface area contributed by atoms with E-state index in [2.05, 4.69) is 29.0 Å². The predicted molar refractivity (Wildman–Crippen MR) is 143 cm³/mol. The first kappa shape index (κ1) is 26.7. The van der Waals surface area contributed by atoms with Gasteiger partial charge in [0.15, 0.2) is 5.88 Å². The van der Waals surface area contributed by atoms with E-state index in [-0.39, 0.29) is 11.1 Å². The van der Waals surface area contributed by atoms with Gasteiger partial charge in [0.1, 0.15) is 0 Å². The van der Waals surface area contributed by atoms with Crippen LogP contribution < -0.4 is 10.5 Å². The van der Waals surface area contributed by atoms with Crippen molar-refractivity contribution in [1.82, 2.24) is 9.97 Å². The lowest BCUT2D eigenvalue weighted by atomic mass is 10.0. The smallest absolute Gasteiger partial charge is 0.416 e. The summed E-state index contributed by atoms with van der Waals surface area (Å²) >= 11 is 0. The van der Waals surface area contributed by atoms with Gasteiger partial charge >= 0.3 is 6.18 Å². The summed E-state index contributed by atoms with van der Waals surface area (Å²) in [5.41, 5.74) is 9.81. The number of nitrogens with zero attached hydrogens (tertiary/aromatic N) is 1. The van der Waals surface area contributed by atoms with Crippen LogP contribution in [0.5, 0.6) is 5.88 Å². The van der Waals surface area contributed by atoms with E-state index in [1.165, 1.54) is 23.1 Å². The molecule has 5 nitrogen and oxygen atoms in total. The van der Waals surface area contributed by atoms with Gasteiger partial charge in [0, 0.05) is 28.8 Å². The van der Waals surface area contributed by atoms with E-state index in [0.29, 0.717) is 24.1 Å². The van der Waals surface area contributed by atoms with Crippen molar-refractivity contribution >= 4 is 27.7 Å². The number of nitrogens with two attached hydrogens (primary N) is 1. The fourth-order valence-electron chi connectivity index (χ4n) is 4.15. The molecule has 2 aromatic heterocycles. The first-order chi connectivity index (χ1) is 18.0. The van der Waals surface area contributed by atoms with Crippen LogP contribution >= 0.6 is 0 Å². The van der Waals surface area contributed by atoms with Crippen LogP contribution in [0.25, 0.3) is 21.8 Å². The van der Waals surface area contributed by atoms with Gasteiger partial charge in [-0.1, -0.05) is 48.0 Å². The zero-order chi connectivity index (χ0) is 27.4. The summed E-state index contributed by atoms with van der Waals surface area (Å²) in [7, 11) is 0. The Bertz CT molecular complexity index is 1590. The van der Waals surface area contributed by atoms with Crippen molar-refractivity contribution in [3.05, 3.63) is 106 Å². The van der Waals surface area contributed by atoms with Crippen LogP contribution in [0.2, 0.25) is 0 Å². The molecule has 3 N–H and O–H groups in total. The van der Waals surface area contributed by atoms with Crippen molar-refractivity contribution in [2.45, 2.75) is 33.4 Å². The number of carbonyl (C=O) groups is 1. The third-order valence-electron chi connectivity index (χ3n) is 6.14. The number of aromatic nitrogens is 2. The molecule has 0 aliphatic carbocycles. The average Bonchev–Trinajstić information content (AvgIpc) is 3.29. The summed E-state index contributed by atoms with van der Waals surface area (Å²) in [5.74, 6) is 0.197. The number of nitrogens with one attached hydrogen (secondary N) is 1. The van der Waals surface area contributed by atoms with E-state index >= 15 is 0 Å². The van der Waals surface area contributed by atoms with Crippen LogP contribution in [0.4, 0.5) is 13.2 Å². The largest absolute Gasteiger partial charge is 0.479 e. The minimum atomic E-state index is -4.45. The number of ether oxygens (including phenoxy) is 1. The zero-order valence-corrected chi connectivity index (χ0v) is 21.3. The van der Waals surface area contributed by atoms with E-state index in [0.717, 1.165) is 34.7 Å². The summed E-state index contributed by atoms with van der Waals surface area (Å²) in [6, 6.07) is 20.6. The van der Waals surface area contributed by atoms with Crippen molar-refractivity contribution in [2.75, 3.05) is 6.61 Å². The van der Waals surface area contributed by atoms with Gasteiger partial charge in [-0.2, -0.15) is 13.2 Å². The van der Waals surface area contributed by atoms with Crippen molar-refractivity contribution < 1.29 is 22.7 Å². The van der Waals surface area contributed by atoms with Gasteiger partial charge in [-0.15, -0.1) is 0 Å². The topological polar surface area (TPSA) is 81.0 Å². The molecule has 0 aliphatic heterocycles. The Kier molecular flexibility index (Phi) is 7.71. The quantitative estimate of drug-likeness (QED) is 0.259. The molecular weight excluding hydrogens is 491 g/mol. The number of aryl methyl sites for hydroxylation is 2. The van der Waals surface area contributed by atoms with E-state index in [1.54, 1.807) is 0 Å². The summed E-state index contributed by atoms with van der Waals surface area (Å²) < 4.78 is 44.1. The number of pyridine rings is 1. The summed E-state index contributed by atoms with van der Waals surface area (Å²) in [4.78, 5) is 19.2. The Labute approximate surface area is 218 Å². The normalized spacial score (nSPS) is 11.3. The molecule has 0 fully saturated rings. The lowest BCUT2D eigenvalue weighted by Crippen LogP contribution is -2.15. The number of benzene rings is 3. The number of hydrogen-bond acceptors (Lipinski definition) is 3. The third-order valence-corrected chi connectivity index (χ3v) is 6.14. The Balaban J connectivity index is 0.000000216. The molecule has 1 amide bonds. The van der Waals surface area contributed by atoms with E-state index in [1.807, 2.05) is 50.2 Å². The molecule has 0 saturated carbocycles. The maximum Gasteiger partial charge on any atom is 0.416 e. The number of amides is 1. The van der Waals surface area contributed by atoms with Gasteiger partial charge in [0.2, 0.25) is 0 Å². The minimum absolute atomic E-state index is 0.182. The summed E-state index contributed by atoms with van der Waals surface area (Å²) in [5, 5.41) is 1.68. The molecule has 8 heteroatoms. The predicted octanol–water partition coefficient (Wildman–Crippen LogP) is 7.13. The fraction of sp³-hybridized carbons (Fsp3) is 0.200. The highest BCUT2D eigenvalue weighted by Gasteiger charge is 2.30. The molecule has 3 aromatic carbocycles. The molecule has 196 valence electrons.